The highest BCUT2D eigenvalue weighted by atomic mass is 15.2. The van der Waals surface area contributed by atoms with Crippen LogP contribution in [-0.2, 0) is 7.05 Å². The number of aryl methyl sites for hydroxylation is 2. The lowest BCUT2D eigenvalue weighted by molar-refractivity contribution is 0.285. The lowest BCUT2D eigenvalue weighted by Gasteiger charge is -2.22. The van der Waals surface area contributed by atoms with E-state index in [-0.39, 0.29) is 6.04 Å². The molecule has 0 N–H and O–H groups in total. The third kappa shape index (κ3) is 1.75. The Balaban J connectivity index is 2.30. The molecule has 1 saturated heterocycles. The first kappa shape index (κ1) is 10.2. The van der Waals surface area contributed by atoms with Crippen molar-refractivity contribution >= 4 is 0 Å². The van der Waals surface area contributed by atoms with Gasteiger partial charge in [-0.25, -0.2) is 4.98 Å². The average molecular weight is 204 g/mol. The molecule has 1 aliphatic heterocycles. The first-order chi connectivity index (χ1) is 7.24. The van der Waals surface area contributed by atoms with Gasteiger partial charge in [0.15, 0.2) is 0 Å². The van der Waals surface area contributed by atoms with Gasteiger partial charge >= 0.3 is 0 Å². The van der Waals surface area contributed by atoms with Gasteiger partial charge in [0, 0.05) is 7.05 Å². The van der Waals surface area contributed by atoms with Crippen LogP contribution in [0.25, 0.3) is 0 Å². The Kier molecular flexibility index (Phi) is 2.74. The minimum atomic E-state index is -0.125. The zero-order valence-corrected chi connectivity index (χ0v) is 9.27. The summed E-state index contributed by atoms with van der Waals surface area (Å²) in [4.78, 5) is 6.48. The van der Waals surface area contributed by atoms with Crippen LogP contribution < -0.4 is 0 Å². The van der Waals surface area contributed by atoms with E-state index in [4.69, 9.17) is 0 Å². The monoisotopic (exact) mass is 204 g/mol. The van der Waals surface area contributed by atoms with Gasteiger partial charge in [0.05, 0.1) is 23.8 Å². The number of nitrogens with zero attached hydrogens (tertiary/aromatic N) is 4. The molecule has 0 aromatic carbocycles. The Bertz CT molecular complexity index is 362. The SMILES string of the molecule is Cc1ncn(C)c1C(C#N)N1CCCC1. The fraction of sp³-hybridized carbons (Fsp3) is 0.636. The van der Waals surface area contributed by atoms with E-state index in [9.17, 15) is 5.26 Å². The number of nitriles is 1. The maximum absolute atomic E-state index is 9.27. The molecule has 2 rings (SSSR count). The number of likely N-dealkylation sites (tertiary alicyclic amines) is 1. The molecule has 0 radical (unpaired) electrons. The Morgan fingerprint density at radius 2 is 2.13 bits per heavy atom. The van der Waals surface area contributed by atoms with Gasteiger partial charge in [0.1, 0.15) is 6.04 Å². The van der Waals surface area contributed by atoms with Crippen molar-refractivity contribution in [2.45, 2.75) is 25.8 Å². The average Bonchev–Trinajstić information content (AvgIpc) is 2.83. The molecule has 1 aliphatic rings. The smallest absolute Gasteiger partial charge is 0.140 e. The summed E-state index contributed by atoms with van der Waals surface area (Å²) in [5.41, 5.74) is 2.01. The van der Waals surface area contributed by atoms with Crippen molar-refractivity contribution in [2.75, 3.05) is 13.1 Å². The van der Waals surface area contributed by atoms with E-state index in [0.717, 1.165) is 24.5 Å². The van der Waals surface area contributed by atoms with E-state index in [1.54, 1.807) is 6.33 Å². The van der Waals surface area contributed by atoms with Gasteiger partial charge in [0.2, 0.25) is 0 Å². The zero-order chi connectivity index (χ0) is 10.8. The third-order valence-corrected chi connectivity index (χ3v) is 3.06. The second-order valence-electron chi connectivity index (χ2n) is 4.10. The van der Waals surface area contributed by atoms with E-state index in [2.05, 4.69) is 16.0 Å². The van der Waals surface area contributed by atoms with E-state index in [0.29, 0.717) is 0 Å². The van der Waals surface area contributed by atoms with E-state index in [1.807, 2.05) is 18.5 Å². The number of hydrogen-bond acceptors (Lipinski definition) is 3. The summed E-state index contributed by atoms with van der Waals surface area (Å²) in [7, 11) is 1.95. The van der Waals surface area contributed by atoms with E-state index < -0.39 is 0 Å². The predicted octanol–water partition coefficient (Wildman–Crippen LogP) is 1.39. The van der Waals surface area contributed by atoms with Crippen LogP contribution in [0.5, 0.6) is 0 Å². The molecule has 80 valence electrons. The predicted molar refractivity (Wildman–Crippen MR) is 57.1 cm³/mol. The maximum Gasteiger partial charge on any atom is 0.140 e. The summed E-state index contributed by atoms with van der Waals surface area (Å²) in [5, 5.41) is 9.27. The topological polar surface area (TPSA) is 44.9 Å². The Labute approximate surface area is 90.1 Å². The van der Waals surface area contributed by atoms with Crippen molar-refractivity contribution in [3.8, 4) is 6.07 Å². The summed E-state index contributed by atoms with van der Waals surface area (Å²) in [6.45, 7) is 4.03. The summed E-state index contributed by atoms with van der Waals surface area (Å²) < 4.78 is 1.96. The number of hydrogen-bond donors (Lipinski definition) is 0. The summed E-state index contributed by atoms with van der Waals surface area (Å²) in [5.74, 6) is 0. The molecule has 1 fully saturated rings. The second-order valence-corrected chi connectivity index (χ2v) is 4.10. The summed E-state index contributed by atoms with van der Waals surface area (Å²) in [6.07, 6.45) is 4.19. The van der Waals surface area contributed by atoms with Crippen LogP contribution in [0.2, 0.25) is 0 Å². The molecular weight excluding hydrogens is 188 g/mol. The van der Waals surface area contributed by atoms with Crippen molar-refractivity contribution in [1.29, 1.82) is 5.26 Å². The Hall–Kier alpha value is -1.34. The fourth-order valence-corrected chi connectivity index (χ4v) is 2.26. The van der Waals surface area contributed by atoms with Crippen molar-refractivity contribution < 1.29 is 0 Å². The Morgan fingerprint density at radius 1 is 1.47 bits per heavy atom. The third-order valence-electron chi connectivity index (χ3n) is 3.06. The van der Waals surface area contributed by atoms with Gasteiger partial charge in [-0.3, -0.25) is 4.90 Å². The van der Waals surface area contributed by atoms with Crippen LogP contribution >= 0.6 is 0 Å². The molecule has 1 unspecified atom stereocenters. The second kappa shape index (κ2) is 4.03. The number of rotatable bonds is 2. The molecule has 1 aromatic rings. The molecule has 0 saturated carbocycles. The van der Waals surface area contributed by atoms with Crippen LogP contribution in [0, 0.1) is 18.3 Å². The van der Waals surface area contributed by atoms with Crippen LogP contribution in [0.3, 0.4) is 0 Å². The van der Waals surface area contributed by atoms with Gasteiger partial charge in [-0.1, -0.05) is 0 Å². The first-order valence-corrected chi connectivity index (χ1v) is 5.35. The normalized spacial score (nSPS) is 19.0. The van der Waals surface area contributed by atoms with E-state index in [1.165, 1.54) is 12.8 Å². The molecule has 1 aromatic heterocycles. The first-order valence-electron chi connectivity index (χ1n) is 5.35. The molecule has 0 amide bonds. The summed E-state index contributed by atoms with van der Waals surface area (Å²) >= 11 is 0. The van der Waals surface area contributed by atoms with E-state index >= 15 is 0 Å². The van der Waals surface area contributed by atoms with Gasteiger partial charge in [-0.15, -0.1) is 0 Å². The molecule has 1 atom stereocenters. The highest BCUT2D eigenvalue weighted by Gasteiger charge is 2.26. The molecule has 4 nitrogen and oxygen atoms in total. The van der Waals surface area contributed by atoms with Gasteiger partial charge < -0.3 is 4.57 Å². The zero-order valence-electron chi connectivity index (χ0n) is 9.27. The fourth-order valence-electron chi connectivity index (χ4n) is 2.26. The lowest BCUT2D eigenvalue weighted by Crippen LogP contribution is -2.26. The molecule has 2 heterocycles. The summed E-state index contributed by atoms with van der Waals surface area (Å²) in [6, 6.07) is 2.27. The van der Waals surface area contributed by atoms with Crippen LogP contribution in [0.1, 0.15) is 30.3 Å². The molecular formula is C11H16N4. The highest BCUT2D eigenvalue weighted by molar-refractivity contribution is 5.22. The van der Waals surface area contributed by atoms with Crippen LogP contribution in [0.15, 0.2) is 6.33 Å². The Morgan fingerprint density at radius 3 is 2.60 bits per heavy atom. The standard InChI is InChI=1S/C11H16N4/c1-9-11(14(2)8-13-9)10(7-12)15-5-3-4-6-15/h8,10H,3-6H2,1-2H3. The number of imidazole rings is 1. The minimum Gasteiger partial charge on any atom is -0.335 e. The number of aromatic nitrogens is 2. The lowest BCUT2D eigenvalue weighted by atomic mass is 10.1. The molecule has 0 spiro atoms. The van der Waals surface area contributed by atoms with Crippen molar-refractivity contribution in [1.82, 2.24) is 14.5 Å². The molecule has 15 heavy (non-hydrogen) atoms. The van der Waals surface area contributed by atoms with Crippen LogP contribution in [-0.4, -0.2) is 27.5 Å². The van der Waals surface area contributed by atoms with Crippen molar-refractivity contribution in [3.05, 3.63) is 17.7 Å². The minimum absolute atomic E-state index is 0.125. The molecule has 4 heteroatoms. The highest BCUT2D eigenvalue weighted by Crippen LogP contribution is 2.25. The molecule has 0 bridgehead atoms. The van der Waals surface area contributed by atoms with Gasteiger partial charge in [0.25, 0.3) is 0 Å². The largest absolute Gasteiger partial charge is 0.335 e. The molecule has 0 aliphatic carbocycles. The quantitative estimate of drug-likeness (QED) is 0.731. The van der Waals surface area contributed by atoms with Gasteiger partial charge in [-0.2, -0.15) is 5.26 Å². The van der Waals surface area contributed by atoms with Crippen molar-refractivity contribution in [3.63, 3.8) is 0 Å². The van der Waals surface area contributed by atoms with Gasteiger partial charge in [-0.05, 0) is 32.9 Å². The van der Waals surface area contributed by atoms with Crippen molar-refractivity contribution in [2.24, 2.45) is 7.05 Å². The van der Waals surface area contributed by atoms with Crippen LogP contribution in [0.4, 0.5) is 0 Å². The maximum atomic E-state index is 9.27.